The summed E-state index contributed by atoms with van der Waals surface area (Å²) < 4.78 is 0. The second kappa shape index (κ2) is 5.85. The Kier molecular flexibility index (Phi) is 4.46. The minimum Gasteiger partial charge on any atom is -0.325 e. The third kappa shape index (κ3) is 4.51. The zero-order chi connectivity index (χ0) is 12.8. The zero-order valence-corrected chi connectivity index (χ0v) is 9.57. The summed E-state index contributed by atoms with van der Waals surface area (Å²) in [6.07, 6.45) is 0. The van der Waals surface area contributed by atoms with Crippen LogP contribution >= 0.6 is 11.8 Å². The van der Waals surface area contributed by atoms with Crippen molar-refractivity contribution in [2.45, 2.75) is 0 Å². The van der Waals surface area contributed by atoms with Gasteiger partial charge in [0.25, 0.3) is 10.9 Å². The van der Waals surface area contributed by atoms with Crippen molar-refractivity contribution in [3.05, 3.63) is 34.4 Å². The van der Waals surface area contributed by atoms with E-state index in [-0.39, 0.29) is 22.5 Å². The zero-order valence-electron chi connectivity index (χ0n) is 8.75. The number of hydrogen-bond acceptors (Lipinski definition) is 4. The molecule has 1 aromatic rings. The van der Waals surface area contributed by atoms with Crippen LogP contribution in [-0.2, 0) is 4.79 Å². The number of nitro groups is 1. The molecule has 1 rings (SSSR count). The third-order valence-electron chi connectivity index (χ3n) is 1.71. The van der Waals surface area contributed by atoms with Gasteiger partial charge >= 0.3 is 0 Å². The Bertz CT molecular complexity index is 463. The standard InChI is InChI=1S/C9H10N4O3S/c10-9(11)17-5-8(14)12-6-2-1-3-7(4-6)13(15)16/h1-4H,5H2,(H3,10,11)(H,12,14)/p+1. The first-order chi connectivity index (χ1) is 7.99. The van der Waals surface area contributed by atoms with Crippen LogP contribution in [0.1, 0.15) is 0 Å². The molecule has 0 bridgehead atoms. The summed E-state index contributed by atoms with van der Waals surface area (Å²) in [4.78, 5) is 21.3. The summed E-state index contributed by atoms with van der Waals surface area (Å²) in [5.74, 6) is -0.269. The lowest BCUT2D eigenvalue weighted by Gasteiger charge is -2.03. The lowest BCUT2D eigenvalue weighted by molar-refractivity contribution is -0.384. The Labute approximate surface area is 101 Å². The smallest absolute Gasteiger partial charge is 0.300 e. The van der Waals surface area contributed by atoms with Gasteiger partial charge in [0.2, 0.25) is 5.91 Å². The van der Waals surface area contributed by atoms with Crippen molar-refractivity contribution < 1.29 is 15.1 Å². The number of nitro benzene ring substituents is 1. The van der Waals surface area contributed by atoms with E-state index in [1.54, 1.807) is 6.07 Å². The third-order valence-corrected chi connectivity index (χ3v) is 2.45. The largest absolute Gasteiger partial charge is 0.325 e. The number of thioether (sulfide) groups is 1. The topological polar surface area (TPSA) is 124 Å². The van der Waals surface area contributed by atoms with Gasteiger partial charge < -0.3 is 5.32 Å². The highest BCUT2D eigenvalue weighted by molar-refractivity contribution is 8.14. The van der Waals surface area contributed by atoms with Crippen LogP contribution in [0, 0.1) is 10.1 Å². The second-order valence-corrected chi connectivity index (χ2v) is 4.10. The maximum Gasteiger partial charge on any atom is 0.300 e. The first-order valence-corrected chi connectivity index (χ1v) is 5.52. The number of nitrogens with zero attached hydrogens (tertiary/aromatic N) is 1. The molecule has 0 atom stereocenters. The van der Waals surface area contributed by atoms with Crippen LogP contribution in [0.3, 0.4) is 0 Å². The van der Waals surface area contributed by atoms with Gasteiger partial charge in [-0.25, -0.2) is 0 Å². The lowest BCUT2D eigenvalue weighted by atomic mass is 10.3. The van der Waals surface area contributed by atoms with Crippen molar-refractivity contribution in [3.8, 4) is 0 Å². The molecule has 5 N–H and O–H groups in total. The SMILES string of the molecule is NC(=[NH2+])SCC(=O)Nc1cccc([N+](=O)[O-])c1. The summed E-state index contributed by atoms with van der Waals surface area (Å²) in [6, 6.07) is 5.67. The molecule has 0 unspecified atom stereocenters. The summed E-state index contributed by atoms with van der Waals surface area (Å²) in [7, 11) is 0. The first-order valence-electron chi connectivity index (χ1n) is 4.54. The molecule has 0 saturated carbocycles. The molecule has 1 aromatic carbocycles. The minimum atomic E-state index is -0.532. The second-order valence-electron chi connectivity index (χ2n) is 3.05. The Morgan fingerprint density at radius 1 is 1.59 bits per heavy atom. The van der Waals surface area contributed by atoms with E-state index in [1.807, 2.05) is 0 Å². The highest BCUT2D eigenvalue weighted by Gasteiger charge is 2.09. The van der Waals surface area contributed by atoms with Crippen LogP contribution in [-0.4, -0.2) is 21.8 Å². The van der Waals surface area contributed by atoms with Crippen LogP contribution in [0.25, 0.3) is 0 Å². The van der Waals surface area contributed by atoms with Crippen LogP contribution in [0.2, 0.25) is 0 Å². The quantitative estimate of drug-likeness (QED) is 0.285. The van der Waals surface area contributed by atoms with Gasteiger partial charge in [-0.2, -0.15) is 0 Å². The molecule has 0 aromatic heterocycles. The number of amidine groups is 1. The number of non-ortho nitro benzene ring substituents is 1. The number of nitrogens with one attached hydrogen (secondary N) is 1. The molecule has 0 aliphatic rings. The number of rotatable bonds is 4. The van der Waals surface area contributed by atoms with Crippen molar-refractivity contribution in [2.75, 3.05) is 11.1 Å². The number of nitrogens with two attached hydrogens (primary N) is 2. The number of carbonyl (C=O) groups is 1. The van der Waals surface area contributed by atoms with Crippen LogP contribution in [0.15, 0.2) is 24.3 Å². The molecule has 0 heterocycles. The van der Waals surface area contributed by atoms with Crippen LogP contribution in [0.4, 0.5) is 11.4 Å². The van der Waals surface area contributed by atoms with Crippen molar-refractivity contribution in [1.82, 2.24) is 0 Å². The Morgan fingerprint density at radius 3 is 2.88 bits per heavy atom. The summed E-state index contributed by atoms with van der Waals surface area (Å²) in [5.41, 5.74) is 5.46. The van der Waals surface area contributed by atoms with E-state index < -0.39 is 4.92 Å². The normalized spacial score (nSPS) is 9.65. The summed E-state index contributed by atoms with van der Waals surface area (Å²) >= 11 is 0.995. The van der Waals surface area contributed by atoms with Gasteiger partial charge in [-0.05, 0) is 17.8 Å². The van der Waals surface area contributed by atoms with Gasteiger partial charge in [-0.3, -0.25) is 26.1 Å². The van der Waals surface area contributed by atoms with E-state index in [0.29, 0.717) is 5.69 Å². The molecule has 0 aliphatic carbocycles. The van der Waals surface area contributed by atoms with Crippen LogP contribution in [0.5, 0.6) is 0 Å². The molecule has 0 fully saturated rings. The predicted octanol–water partition coefficient (Wildman–Crippen LogP) is -0.660. The number of amides is 1. The molecule has 0 aliphatic heterocycles. The molecule has 90 valence electrons. The molecular weight excluding hydrogens is 244 g/mol. The molecule has 0 saturated heterocycles. The highest BCUT2D eigenvalue weighted by Crippen LogP contribution is 2.17. The summed E-state index contributed by atoms with van der Waals surface area (Å²) in [6.45, 7) is 0. The maximum atomic E-state index is 11.4. The average Bonchev–Trinajstić information content (AvgIpc) is 2.26. The van der Waals surface area contributed by atoms with E-state index in [1.165, 1.54) is 18.2 Å². The van der Waals surface area contributed by atoms with Gasteiger partial charge in [0, 0.05) is 17.8 Å². The minimum absolute atomic E-state index is 0.0605. The fraction of sp³-hybridized carbons (Fsp3) is 0.111. The van der Waals surface area contributed by atoms with E-state index in [9.17, 15) is 14.9 Å². The van der Waals surface area contributed by atoms with E-state index in [4.69, 9.17) is 11.1 Å². The number of hydrogen-bond donors (Lipinski definition) is 3. The van der Waals surface area contributed by atoms with E-state index >= 15 is 0 Å². The predicted molar refractivity (Wildman–Crippen MR) is 65.3 cm³/mol. The average molecular weight is 255 g/mol. The number of anilines is 1. The van der Waals surface area contributed by atoms with E-state index in [2.05, 4.69) is 5.32 Å². The molecule has 0 spiro atoms. The van der Waals surface area contributed by atoms with Gasteiger partial charge in [0.15, 0.2) is 0 Å². The van der Waals surface area contributed by atoms with Crippen molar-refractivity contribution in [1.29, 1.82) is 0 Å². The Balaban J connectivity index is 2.62. The van der Waals surface area contributed by atoms with Gasteiger partial charge in [0.05, 0.1) is 10.7 Å². The van der Waals surface area contributed by atoms with Crippen LogP contribution < -0.4 is 16.5 Å². The molecule has 1 amide bonds. The fourth-order valence-corrected chi connectivity index (χ4v) is 1.41. The molecule has 0 radical (unpaired) electrons. The van der Waals surface area contributed by atoms with Crippen molar-refractivity contribution in [2.24, 2.45) is 5.73 Å². The van der Waals surface area contributed by atoms with E-state index in [0.717, 1.165) is 11.8 Å². The lowest BCUT2D eigenvalue weighted by Crippen LogP contribution is -2.43. The molecule has 17 heavy (non-hydrogen) atoms. The van der Waals surface area contributed by atoms with Gasteiger partial charge in [0.1, 0.15) is 0 Å². The molecule has 8 heteroatoms. The first kappa shape index (κ1) is 13.0. The number of carbonyl (C=O) groups excluding carboxylic acids is 1. The van der Waals surface area contributed by atoms with Gasteiger partial charge in [-0.15, -0.1) is 0 Å². The monoisotopic (exact) mass is 255 g/mol. The van der Waals surface area contributed by atoms with Crippen molar-refractivity contribution in [3.63, 3.8) is 0 Å². The molecule has 7 nitrogen and oxygen atoms in total. The highest BCUT2D eigenvalue weighted by atomic mass is 32.2. The summed E-state index contributed by atoms with van der Waals surface area (Å²) in [5, 5.41) is 18.3. The Hall–Kier alpha value is -2.09. The fourth-order valence-electron chi connectivity index (χ4n) is 1.04. The maximum absolute atomic E-state index is 11.4. The van der Waals surface area contributed by atoms with Crippen molar-refractivity contribution >= 4 is 34.2 Å². The van der Waals surface area contributed by atoms with Gasteiger partial charge in [-0.1, -0.05) is 6.07 Å². The Morgan fingerprint density at radius 2 is 2.29 bits per heavy atom. The number of benzene rings is 1. The molecular formula is C9H11N4O3S+.